The Morgan fingerprint density at radius 3 is 2.61 bits per heavy atom. The first-order valence-electron chi connectivity index (χ1n) is 7.32. The Bertz CT molecular complexity index is 577. The van der Waals surface area contributed by atoms with Gasteiger partial charge in [0.05, 0.1) is 19.4 Å². The molecule has 1 rings (SSSR count). The molecule has 0 radical (unpaired) electrons. The Balaban J connectivity index is 2.66. The summed E-state index contributed by atoms with van der Waals surface area (Å²) in [6.07, 6.45) is -0.130. The zero-order valence-corrected chi connectivity index (χ0v) is 13.2. The van der Waals surface area contributed by atoms with E-state index in [1.54, 1.807) is 19.9 Å². The monoisotopic (exact) mass is 324 g/mol. The molecular weight excluding hydrogens is 303 g/mol. The number of hydrogen-bond acceptors (Lipinski definition) is 4. The summed E-state index contributed by atoms with van der Waals surface area (Å²) >= 11 is 0. The molecule has 0 aromatic heterocycles. The lowest BCUT2D eigenvalue weighted by atomic mass is 9.97. The standard InChI is InChI=1S/C16H21FN2O4/c1-3-23-14(21)7-10(2)15(16(18)22)19-13(20)9-11-5-4-6-12(17)8-11/h4-6,8,10,15H,3,7,9H2,1-2H3,(H2,18,22)(H,19,20)/t10-,15+/m1/s1. The number of amides is 2. The van der Waals surface area contributed by atoms with Gasteiger partial charge in [-0.15, -0.1) is 0 Å². The highest BCUT2D eigenvalue weighted by molar-refractivity contribution is 5.88. The Morgan fingerprint density at radius 1 is 1.35 bits per heavy atom. The Kier molecular flexibility index (Phi) is 7.18. The number of carbonyl (C=O) groups is 3. The Labute approximate surface area is 134 Å². The van der Waals surface area contributed by atoms with E-state index in [4.69, 9.17) is 10.5 Å². The molecule has 0 aliphatic heterocycles. The largest absolute Gasteiger partial charge is 0.466 e. The molecule has 1 aromatic rings. The minimum absolute atomic E-state index is 0.0400. The Morgan fingerprint density at radius 2 is 2.04 bits per heavy atom. The summed E-state index contributed by atoms with van der Waals surface area (Å²) < 4.78 is 17.9. The van der Waals surface area contributed by atoms with Crippen LogP contribution in [-0.2, 0) is 25.5 Å². The molecule has 3 N–H and O–H groups in total. The van der Waals surface area contributed by atoms with E-state index >= 15 is 0 Å². The second-order valence-corrected chi connectivity index (χ2v) is 5.24. The van der Waals surface area contributed by atoms with Crippen molar-refractivity contribution in [1.82, 2.24) is 5.32 Å². The van der Waals surface area contributed by atoms with Crippen molar-refractivity contribution >= 4 is 17.8 Å². The SMILES string of the molecule is CCOC(=O)C[C@@H](C)[C@H](NC(=O)Cc1cccc(F)c1)C(N)=O. The first-order chi connectivity index (χ1) is 10.8. The normalized spacial score (nSPS) is 13.0. The molecule has 0 spiro atoms. The van der Waals surface area contributed by atoms with Crippen molar-refractivity contribution < 1.29 is 23.5 Å². The second-order valence-electron chi connectivity index (χ2n) is 5.24. The first kappa shape index (κ1) is 18.6. The van der Waals surface area contributed by atoms with Gasteiger partial charge in [-0.05, 0) is 30.5 Å². The fourth-order valence-electron chi connectivity index (χ4n) is 2.15. The van der Waals surface area contributed by atoms with E-state index in [2.05, 4.69) is 5.32 Å². The topological polar surface area (TPSA) is 98.5 Å². The predicted molar refractivity (Wildman–Crippen MR) is 81.6 cm³/mol. The smallest absolute Gasteiger partial charge is 0.306 e. The summed E-state index contributed by atoms with van der Waals surface area (Å²) in [6.45, 7) is 3.53. The summed E-state index contributed by atoms with van der Waals surface area (Å²) in [4.78, 5) is 35.0. The van der Waals surface area contributed by atoms with Gasteiger partial charge in [0.15, 0.2) is 0 Å². The van der Waals surface area contributed by atoms with Crippen LogP contribution >= 0.6 is 0 Å². The van der Waals surface area contributed by atoms with E-state index in [1.165, 1.54) is 18.2 Å². The number of esters is 1. The number of primary amides is 1. The van der Waals surface area contributed by atoms with E-state index in [-0.39, 0.29) is 19.4 Å². The average Bonchev–Trinajstić information content (AvgIpc) is 2.44. The van der Waals surface area contributed by atoms with Gasteiger partial charge >= 0.3 is 5.97 Å². The zero-order valence-electron chi connectivity index (χ0n) is 13.2. The van der Waals surface area contributed by atoms with E-state index in [0.29, 0.717) is 5.56 Å². The maximum atomic E-state index is 13.1. The van der Waals surface area contributed by atoms with Gasteiger partial charge in [0.2, 0.25) is 11.8 Å². The quantitative estimate of drug-likeness (QED) is 0.695. The van der Waals surface area contributed by atoms with Crippen LogP contribution in [0.15, 0.2) is 24.3 Å². The van der Waals surface area contributed by atoms with E-state index in [1.807, 2.05) is 0 Å². The van der Waals surface area contributed by atoms with Crippen LogP contribution in [0.3, 0.4) is 0 Å². The molecular formula is C16H21FN2O4. The highest BCUT2D eigenvalue weighted by atomic mass is 19.1. The van der Waals surface area contributed by atoms with Crippen molar-refractivity contribution in [3.05, 3.63) is 35.6 Å². The fraction of sp³-hybridized carbons (Fsp3) is 0.438. The highest BCUT2D eigenvalue weighted by Crippen LogP contribution is 2.11. The third kappa shape index (κ3) is 6.46. The van der Waals surface area contributed by atoms with E-state index in [9.17, 15) is 18.8 Å². The van der Waals surface area contributed by atoms with Gasteiger partial charge in [-0.25, -0.2) is 4.39 Å². The van der Waals surface area contributed by atoms with Crippen LogP contribution in [0, 0.1) is 11.7 Å². The summed E-state index contributed by atoms with van der Waals surface area (Å²) in [5.74, 6) is -2.64. The second kappa shape index (κ2) is 8.87. The number of nitrogens with one attached hydrogen (secondary N) is 1. The van der Waals surface area contributed by atoms with Crippen LogP contribution in [-0.4, -0.2) is 30.4 Å². The summed E-state index contributed by atoms with van der Waals surface area (Å²) in [5.41, 5.74) is 5.76. The van der Waals surface area contributed by atoms with Crippen molar-refractivity contribution in [2.75, 3.05) is 6.61 Å². The van der Waals surface area contributed by atoms with Crippen LogP contribution in [0.25, 0.3) is 0 Å². The van der Waals surface area contributed by atoms with Gasteiger partial charge in [-0.2, -0.15) is 0 Å². The molecule has 0 aliphatic carbocycles. The third-order valence-electron chi connectivity index (χ3n) is 3.24. The van der Waals surface area contributed by atoms with Crippen LogP contribution in [0.2, 0.25) is 0 Å². The summed E-state index contributed by atoms with van der Waals surface area (Å²) in [7, 11) is 0. The molecule has 0 aliphatic rings. The maximum Gasteiger partial charge on any atom is 0.306 e. The zero-order chi connectivity index (χ0) is 17.4. The molecule has 0 fully saturated rings. The lowest BCUT2D eigenvalue weighted by Crippen LogP contribution is -2.49. The molecule has 0 heterocycles. The molecule has 0 saturated heterocycles. The average molecular weight is 324 g/mol. The number of hydrogen-bond donors (Lipinski definition) is 2. The molecule has 0 bridgehead atoms. The number of nitrogens with two attached hydrogens (primary N) is 1. The van der Waals surface area contributed by atoms with E-state index in [0.717, 1.165) is 0 Å². The van der Waals surface area contributed by atoms with Gasteiger partial charge in [-0.1, -0.05) is 19.1 Å². The molecule has 6 nitrogen and oxygen atoms in total. The van der Waals surface area contributed by atoms with Crippen molar-refractivity contribution in [2.24, 2.45) is 11.7 Å². The van der Waals surface area contributed by atoms with Crippen LogP contribution in [0.1, 0.15) is 25.8 Å². The number of carbonyl (C=O) groups excluding carboxylic acids is 3. The molecule has 23 heavy (non-hydrogen) atoms. The highest BCUT2D eigenvalue weighted by Gasteiger charge is 2.27. The predicted octanol–water partition coefficient (Wildman–Crippen LogP) is 0.928. The minimum atomic E-state index is -1.000. The lowest BCUT2D eigenvalue weighted by molar-refractivity contribution is -0.144. The molecule has 0 unspecified atom stereocenters. The van der Waals surface area contributed by atoms with Crippen LogP contribution in [0.5, 0.6) is 0 Å². The number of ether oxygens (including phenoxy) is 1. The molecule has 2 amide bonds. The molecule has 7 heteroatoms. The first-order valence-corrected chi connectivity index (χ1v) is 7.32. The lowest BCUT2D eigenvalue weighted by Gasteiger charge is -2.21. The van der Waals surface area contributed by atoms with E-state index < -0.39 is 35.6 Å². The van der Waals surface area contributed by atoms with Crippen molar-refractivity contribution in [2.45, 2.75) is 32.7 Å². The van der Waals surface area contributed by atoms with Gasteiger partial charge < -0.3 is 15.8 Å². The van der Waals surface area contributed by atoms with Crippen LogP contribution < -0.4 is 11.1 Å². The number of rotatable bonds is 8. The van der Waals surface area contributed by atoms with Crippen molar-refractivity contribution in [1.29, 1.82) is 0 Å². The summed E-state index contributed by atoms with van der Waals surface area (Å²) in [5, 5.41) is 2.49. The van der Waals surface area contributed by atoms with Crippen LogP contribution in [0.4, 0.5) is 4.39 Å². The van der Waals surface area contributed by atoms with Gasteiger partial charge in [0, 0.05) is 0 Å². The molecule has 2 atom stereocenters. The van der Waals surface area contributed by atoms with Crippen molar-refractivity contribution in [3.8, 4) is 0 Å². The molecule has 0 saturated carbocycles. The van der Waals surface area contributed by atoms with Gasteiger partial charge in [0.1, 0.15) is 11.9 Å². The molecule has 126 valence electrons. The third-order valence-corrected chi connectivity index (χ3v) is 3.24. The number of benzene rings is 1. The molecule has 1 aromatic carbocycles. The maximum absolute atomic E-state index is 13.1. The number of halogens is 1. The van der Waals surface area contributed by atoms with Gasteiger partial charge in [-0.3, -0.25) is 14.4 Å². The minimum Gasteiger partial charge on any atom is -0.466 e. The fourth-order valence-corrected chi connectivity index (χ4v) is 2.15. The summed E-state index contributed by atoms with van der Waals surface area (Å²) in [6, 6.07) is 4.60. The van der Waals surface area contributed by atoms with Gasteiger partial charge in [0.25, 0.3) is 0 Å². The van der Waals surface area contributed by atoms with Crippen molar-refractivity contribution in [3.63, 3.8) is 0 Å². The Hall–Kier alpha value is -2.44.